The second-order valence-corrected chi connectivity index (χ2v) is 8.21. The van der Waals surface area contributed by atoms with Crippen molar-refractivity contribution in [3.63, 3.8) is 0 Å². The van der Waals surface area contributed by atoms with Crippen LogP contribution in [0.1, 0.15) is 12.8 Å². The highest BCUT2D eigenvalue weighted by atomic mass is 16.6. The Labute approximate surface area is 188 Å². The van der Waals surface area contributed by atoms with E-state index in [0.29, 0.717) is 0 Å². The van der Waals surface area contributed by atoms with E-state index in [2.05, 4.69) is 0 Å². The van der Waals surface area contributed by atoms with Crippen molar-refractivity contribution in [2.75, 3.05) is 19.8 Å². The second-order valence-electron chi connectivity index (χ2n) is 8.21. The molecule has 2 heterocycles. The van der Waals surface area contributed by atoms with E-state index in [9.17, 15) is 55.9 Å². The highest BCUT2D eigenvalue weighted by Crippen LogP contribution is 2.33. The highest BCUT2D eigenvalue weighted by molar-refractivity contribution is 5.73. The number of carboxylic acid groups (broad SMARTS) is 1. The third-order valence-electron chi connectivity index (χ3n) is 6.01. The van der Waals surface area contributed by atoms with Crippen LogP contribution >= 0.6 is 0 Å². The first kappa shape index (κ1) is 28.2. The van der Waals surface area contributed by atoms with E-state index in [1.54, 1.807) is 0 Å². The summed E-state index contributed by atoms with van der Waals surface area (Å²) in [7, 11) is 0. The molecular formula is C18H34N2O13. The van der Waals surface area contributed by atoms with Crippen LogP contribution in [0.25, 0.3) is 0 Å². The Morgan fingerprint density at radius 2 is 1.21 bits per heavy atom. The van der Waals surface area contributed by atoms with Gasteiger partial charge in [-0.05, 0) is 12.8 Å². The number of nitrogens with zero attached hydrogens (tertiary/aromatic N) is 1. The average Bonchev–Trinajstić information content (AvgIpc) is 2.79. The van der Waals surface area contributed by atoms with E-state index >= 15 is 0 Å². The lowest BCUT2D eigenvalue weighted by molar-refractivity contribution is -0.329. The predicted molar refractivity (Wildman–Crippen MR) is 105 cm³/mol. The van der Waals surface area contributed by atoms with Gasteiger partial charge >= 0.3 is 5.97 Å². The standard InChI is InChI=1S/C18H34N2O13/c19-3-6(23)1-2-7(18(30)31)20(16-14(28)12(26)10(24)8(4-21)32-16)17-15(29)13(27)11(25)9(5-22)33-17/h6-17,21-29H,1-5,19H2,(H,30,31). The van der Waals surface area contributed by atoms with Gasteiger partial charge in [0.05, 0.1) is 19.3 Å². The molecule has 2 saturated heterocycles. The molecule has 194 valence electrons. The summed E-state index contributed by atoms with van der Waals surface area (Å²) in [4.78, 5) is 12.9. The molecule has 0 saturated carbocycles. The van der Waals surface area contributed by atoms with E-state index in [4.69, 9.17) is 15.2 Å². The summed E-state index contributed by atoms with van der Waals surface area (Å²) in [5.74, 6) is -1.53. The molecule has 0 spiro atoms. The average molecular weight is 486 g/mol. The molecule has 12 unspecified atom stereocenters. The fourth-order valence-electron chi connectivity index (χ4n) is 4.02. The molecule has 0 aromatic heterocycles. The Hall–Kier alpha value is -1.05. The largest absolute Gasteiger partial charge is 0.480 e. The highest BCUT2D eigenvalue weighted by Gasteiger charge is 2.55. The van der Waals surface area contributed by atoms with Crippen molar-refractivity contribution in [3.05, 3.63) is 0 Å². The number of aliphatic hydroxyl groups is 9. The van der Waals surface area contributed by atoms with E-state index in [1.165, 1.54) is 0 Å². The van der Waals surface area contributed by atoms with Gasteiger partial charge in [-0.2, -0.15) is 0 Å². The Morgan fingerprint density at radius 3 is 1.55 bits per heavy atom. The predicted octanol–water partition coefficient (Wildman–Crippen LogP) is -6.56. The number of hydrogen-bond acceptors (Lipinski definition) is 14. The first-order valence-electron chi connectivity index (χ1n) is 10.5. The van der Waals surface area contributed by atoms with Gasteiger partial charge in [-0.1, -0.05) is 0 Å². The fourth-order valence-corrected chi connectivity index (χ4v) is 4.02. The Balaban J connectivity index is 2.51. The van der Waals surface area contributed by atoms with Gasteiger partial charge in [-0.15, -0.1) is 0 Å². The maximum absolute atomic E-state index is 12.2. The molecule has 0 amide bonds. The molecule has 2 rings (SSSR count). The smallest absolute Gasteiger partial charge is 0.321 e. The van der Waals surface area contributed by atoms with Crippen molar-refractivity contribution in [2.45, 2.75) is 86.3 Å². The lowest BCUT2D eigenvalue weighted by Gasteiger charge is -2.52. The zero-order valence-electron chi connectivity index (χ0n) is 17.7. The normalized spacial score (nSPS) is 41.7. The summed E-state index contributed by atoms with van der Waals surface area (Å²) in [5.41, 5.74) is 5.36. The topological polar surface area (TPSA) is 267 Å². The van der Waals surface area contributed by atoms with Gasteiger partial charge in [0.2, 0.25) is 0 Å². The van der Waals surface area contributed by atoms with E-state index in [1.807, 2.05) is 0 Å². The SMILES string of the molecule is NCC(O)CCC(C(=O)O)N(C1OC(CO)C(O)C(O)C1O)C1OC(CO)C(O)C(O)C1O. The fraction of sp³-hybridized carbons (Fsp3) is 0.944. The van der Waals surface area contributed by atoms with Gasteiger partial charge in [0.25, 0.3) is 0 Å². The van der Waals surface area contributed by atoms with Crippen molar-refractivity contribution in [1.29, 1.82) is 0 Å². The minimum absolute atomic E-state index is 0.154. The Bertz CT molecular complexity index is 590. The minimum atomic E-state index is -1.98. The Morgan fingerprint density at radius 1 is 0.788 bits per heavy atom. The van der Waals surface area contributed by atoms with Gasteiger partial charge in [0.15, 0.2) is 0 Å². The first-order valence-corrected chi connectivity index (χ1v) is 10.5. The third-order valence-corrected chi connectivity index (χ3v) is 6.01. The van der Waals surface area contributed by atoms with Crippen LogP contribution in [0.5, 0.6) is 0 Å². The lowest BCUT2D eigenvalue weighted by Crippen LogP contribution is -2.72. The van der Waals surface area contributed by atoms with Crippen molar-refractivity contribution in [3.8, 4) is 0 Å². The number of ether oxygens (including phenoxy) is 2. The van der Waals surface area contributed by atoms with Crippen LogP contribution in [-0.4, -0.2) is 155 Å². The summed E-state index contributed by atoms with van der Waals surface area (Å²) in [6, 6.07) is -1.69. The maximum Gasteiger partial charge on any atom is 0.321 e. The molecule has 15 heteroatoms. The summed E-state index contributed by atoms with van der Waals surface area (Å²) >= 11 is 0. The summed E-state index contributed by atoms with van der Waals surface area (Å²) in [6.45, 7) is -1.84. The molecule has 0 bridgehead atoms. The van der Waals surface area contributed by atoms with Crippen LogP contribution in [0.15, 0.2) is 0 Å². The van der Waals surface area contributed by atoms with E-state index < -0.39 is 92.6 Å². The molecule has 0 aromatic rings. The number of rotatable bonds is 10. The van der Waals surface area contributed by atoms with Crippen LogP contribution in [0.4, 0.5) is 0 Å². The lowest BCUT2D eigenvalue weighted by atomic mass is 9.93. The van der Waals surface area contributed by atoms with Gasteiger partial charge in [-0.25, -0.2) is 4.90 Å². The number of carbonyl (C=O) groups is 1. The van der Waals surface area contributed by atoms with Crippen molar-refractivity contribution < 1.29 is 65.3 Å². The van der Waals surface area contributed by atoms with Gasteiger partial charge < -0.3 is 66.3 Å². The molecule has 2 aliphatic rings. The monoisotopic (exact) mass is 486 g/mol. The summed E-state index contributed by atoms with van der Waals surface area (Å²) in [5, 5.41) is 100. The van der Waals surface area contributed by atoms with Crippen LogP contribution in [0, 0.1) is 0 Å². The number of nitrogens with two attached hydrogens (primary N) is 1. The van der Waals surface area contributed by atoms with E-state index in [-0.39, 0.29) is 19.4 Å². The number of carboxylic acids is 1. The van der Waals surface area contributed by atoms with Gasteiger partial charge in [-0.3, -0.25) is 4.79 Å². The second kappa shape index (κ2) is 12.1. The molecule has 33 heavy (non-hydrogen) atoms. The van der Waals surface area contributed by atoms with E-state index in [0.717, 1.165) is 4.90 Å². The molecule has 0 radical (unpaired) electrons. The summed E-state index contributed by atoms with van der Waals surface area (Å²) < 4.78 is 10.9. The molecule has 12 atom stereocenters. The molecular weight excluding hydrogens is 452 g/mol. The molecule has 2 fully saturated rings. The molecule has 2 aliphatic heterocycles. The maximum atomic E-state index is 12.2. The van der Waals surface area contributed by atoms with Crippen LogP contribution in [-0.2, 0) is 14.3 Å². The zero-order valence-corrected chi connectivity index (χ0v) is 17.7. The number of aliphatic carboxylic acids is 1. The minimum Gasteiger partial charge on any atom is -0.480 e. The third kappa shape index (κ3) is 5.96. The van der Waals surface area contributed by atoms with Crippen molar-refractivity contribution in [1.82, 2.24) is 4.90 Å². The van der Waals surface area contributed by atoms with Gasteiger partial charge in [0.1, 0.15) is 67.3 Å². The number of hydrogen-bond donors (Lipinski definition) is 11. The zero-order chi connectivity index (χ0) is 25.0. The van der Waals surface area contributed by atoms with Gasteiger partial charge in [0, 0.05) is 6.54 Å². The van der Waals surface area contributed by atoms with Crippen molar-refractivity contribution >= 4 is 5.97 Å². The Kier molecular flexibility index (Phi) is 10.3. The molecule has 15 nitrogen and oxygen atoms in total. The van der Waals surface area contributed by atoms with Crippen LogP contribution < -0.4 is 5.73 Å². The van der Waals surface area contributed by atoms with Crippen LogP contribution in [0.2, 0.25) is 0 Å². The molecule has 0 aromatic carbocycles. The quantitative estimate of drug-likeness (QED) is 0.137. The molecule has 0 aliphatic carbocycles. The molecule has 12 N–H and O–H groups in total. The van der Waals surface area contributed by atoms with Crippen LogP contribution in [0.3, 0.4) is 0 Å². The first-order chi connectivity index (χ1) is 15.5. The van der Waals surface area contributed by atoms with Crippen molar-refractivity contribution in [2.24, 2.45) is 5.73 Å². The number of aliphatic hydroxyl groups excluding tert-OH is 9. The summed E-state index contributed by atoms with van der Waals surface area (Å²) in [6.07, 6.45) is -19.4.